The van der Waals surface area contributed by atoms with Gasteiger partial charge in [0.05, 0.1) is 18.1 Å². The Morgan fingerprint density at radius 1 is 1.16 bits per heavy atom. The minimum absolute atomic E-state index is 0.0386. The largest absolute Gasteiger partial charge is 0.309 e. The molecule has 1 N–H and O–H groups in total. The van der Waals surface area contributed by atoms with Crippen LogP contribution in [0.4, 0.5) is 0 Å². The van der Waals surface area contributed by atoms with E-state index < -0.39 is 0 Å². The van der Waals surface area contributed by atoms with Crippen molar-refractivity contribution in [2.45, 2.75) is 26.4 Å². The number of nitrogens with zero attached hydrogens (tertiary/aromatic N) is 2. The van der Waals surface area contributed by atoms with E-state index in [0.717, 1.165) is 11.9 Å². The van der Waals surface area contributed by atoms with E-state index in [4.69, 9.17) is 0 Å². The highest BCUT2D eigenvalue weighted by atomic mass is 16.1. The van der Waals surface area contributed by atoms with E-state index >= 15 is 0 Å². The fourth-order valence-corrected chi connectivity index (χ4v) is 2.80. The molecule has 25 heavy (non-hydrogen) atoms. The molecule has 3 rings (SSSR count). The summed E-state index contributed by atoms with van der Waals surface area (Å²) in [6.45, 7) is 5.49. The Morgan fingerprint density at radius 3 is 2.68 bits per heavy atom. The smallest absolute Gasteiger partial charge is 0.274 e. The number of rotatable bonds is 6. The lowest BCUT2D eigenvalue weighted by molar-refractivity contribution is 0.453. The Bertz CT molecular complexity index is 929. The summed E-state index contributed by atoms with van der Waals surface area (Å²) >= 11 is 0. The first-order valence-corrected chi connectivity index (χ1v) is 8.54. The molecule has 2 aromatic carbocycles. The maximum absolute atomic E-state index is 12.5. The Hall–Kier alpha value is -2.72. The Labute approximate surface area is 147 Å². The first-order chi connectivity index (χ1) is 12.1. The standard InChI is InChI=1S/C21H23N3O/c1-16(12-18-8-4-3-5-9-18)13-22-17(2)15-24-21(25)20-11-7-6-10-19(20)14-23-24/h3-12,14,17,22H,13,15H2,1-2H3/b16-12+/t17-/m0/s1. The predicted molar refractivity (Wildman–Crippen MR) is 104 cm³/mol. The summed E-state index contributed by atoms with van der Waals surface area (Å²) in [6, 6.07) is 18.0. The van der Waals surface area contributed by atoms with Crippen LogP contribution < -0.4 is 10.9 Å². The van der Waals surface area contributed by atoms with Crippen molar-refractivity contribution in [2.24, 2.45) is 0 Å². The normalized spacial score (nSPS) is 13.1. The van der Waals surface area contributed by atoms with Crippen LogP contribution >= 0.6 is 0 Å². The molecule has 128 valence electrons. The van der Waals surface area contributed by atoms with Gasteiger partial charge in [0.2, 0.25) is 0 Å². The fourth-order valence-electron chi connectivity index (χ4n) is 2.80. The number of hydrogen-bond donors (Lipinski definition) is 1. The molecule has 0 saturated carbocycles. The molecule has 0 spiro atoms. The number of benzene rings is 2. The molecule has 0 radical (unpaired) electrons. The van der Waals surface area contributed by atoms with Crippen molar-refractivity contribution in [1.82, 2.24) is 15.1 Å². The van der Waals surface area contributed by atoms with Gasteiger partial charge in [-0.25, -0.2) is 4.68 Å². The molecule has 0 fully saturated rings. The molecule has 4 nitrogen and oxygen atoms in total. The van der Waals surface area contributed by atoms with Gasteiger partial charge in [0.25, 0.3) is 5.56 Å². The number of hydrogen-bond acceptors (Lipinski definition) is 3. The van der Waals surface area contributed by atoms with E-state index in [9.17, 15) is 4.79 Å². The summed E-state index contributed by atoms with van der Waals surface area (Å²) in [6.07, 6.45) is 3.92. The second-order valence-corrected chi connectivity index (χ2v) is 6.40. The summed E-state index contributed by atoms with van der Waals surface area (Å²) in [5.41, 5.74) is 2.40. The van der Waals surface area contributed by atoms with Crippen LogP contribution in [0.3, 0.4) is 0 Å². The van der Waals surface area contributed by atoms with E-state index in [1.165, 1.54) is 15.8 Å². The van der Waals surface area contributed by atoms with E-state index in [-0.39, 0.29) is 11.6 Å². The van der Waals surface area contributed by atoms with Crippen molar-refractivity contribution < 1.29 is 0 Å². The quantitative estimate of drug-likeness (QED) is 0.751. The van der Waals surface area contributed by atoms with Crippen LogP contribution in [-0.4, -0.2) is 22.4 Å². The molecule has 0 aliphatic carbocycles. The van der Waals surface area contributed by atoms with Gasteiger partial charge in [-0.2, -0.15) is 5.10 Å². The van der Waals surface area contributed by atoms with Gasteiger partial charge in [0, 0.05) is 18.0 Å². The molecule has 0 unspecified atom stereocenters. The van der Waals surface area contributed by atoms with Crippen molar-refractivity contribution in [1.29, 1.82) is 0 Å². The Kier molecular flexibility index (Phi) is 5.41. The topological polar surface area (TPSA) is 46.9 Å². The number of fused-ring (bicyclic) bond motifs is 1. The van der Waals surface area contributed by atoms with Gasteiger partial charge in [0.1, 0.15) is 0 Å². The molecule has 0 aliphatic heterocycles. The fraction of sp³-hybridized carbons (Fsp3) is 0.238. The van der Waals surface area contributed by atoms with Gasteiger partial charge in [-0.05, 0) is 25.5 Å². The number of aromatic nitrogens is 2. The van der Waals surface area contributed by atoms with Gasteiger partial charge in [-0.15, -0.1) is 0 Å². The molecule has 4 heteroatoms. The summed E-state index contributed by atoms with van der Waals surface area (Å²) in [4.78, 5) is 12.5. The predicted octanol–water partition coefficient (Wildman–Crippen LogP) is 3.48. The molecule has 1 atom stereocenters. The molecule has 0 amide bonds. The van der Waals surface area contributed by atoms with Crippen LogP contribution in [0, 0.1) is 0 Å². The lowest BCUT2D eigenvalue weighted by Gasteiger charge is -2.15. The highest BCUT2D eigenvalue weighted by molar-refractivity contribution is 5.80. The molecule has 0 bridgehead atoms. The van der Waals surface area contributed by atoms with Crippen LogP contribution in [0.2, 0.25) is 0 Å². The Morgan fingerprint density at radius 2 is 1.88 bits per heavy atom. The van der Waals surface area contributed by atoms with Gasteiger partial charge in [-0.3, -0.25) is 4.79 Å². The van der Waals surface area contributed by atoms with E-state index in [0.29, 0.717) is 11.9 Å². The van der Waals surface area contributed by atoms with Gasteiger partial charge >= 0.3 is 0 Å². The van der Waals surface area contributed by atoms with Crippen molar-refractivity contribution in [3.63, 3.8) is 0 Å². The third-order valence-electron chi connectivity index (χ3n) is 4.15. The van der Waals surface area contributed by atoms with Crippen LogP contribution in [0.25, 0.3) is 16.8 Å². The minimum atomic E-state index is -0.0386. The highest BCUT2D eigenvalue weighted by Crippen LogP contribution is 2.07. The molecule has 1 aromatic heterocycles. The lowest BCUT2D eigenvalue weighted by Crippen LogP contribution is -2.36. The van der Waals surface area contributed by atoms with Crippen LogP contribution in [0.1, 0.15) is 19.4 Å². The minimum Gasteiger partial charge on any atom is -0.309 e. The van der Waals surface area contributed by atoms with E-state index in [2.05, 4.69) is 42.5 Å². The maximum Gasteiger partial charge on any atom is 0.274 e. The first-order valence-electron chi connectivity index (χ1n) is 8.54. The summed E-state index contributed by atoms with van der Waals surface area (Å²) in [7, 11) is 0. The van der Waals surface area contributed by atoms with Crippen molar-refractivity contribution >= 4 is 16.8 Å². The van der Waals surface area contributed by atoms with E-state index in [1.54, 1.807) is 6.20 Å². The lowest BCUT2D eigenvalue weighted by atomic mass is 10.1. The van der Waals surface area contributed by atoms with Crippen LogP contribution in [-0.2, 0) is 6.54 Å². The van der Waals surface area contributed by atoms with Crippen molar-refractivity contribution in [2.75, 3.05) is 6.54 Å². The van der Waals surface area contributed by atoms with Crippen molar-refractivity contribution in [3.05, 3.63) is 82.3 Å². The van der Waals surface area contributed by atoms with Crippen molar-refractivity contribution in [3.8, 4) is 0 Å². The molecular weight excluding hydrogens is 310 g/mol. The zero-order chi connectivity index (χ0) is 17.6. The molecule has 0 saturated heterocycles. The average molecular weight is 333 g/mol. The maximum atomic E-state index is 12.5. The second-order valence-electron chi connectivity index (χ2n) is 6.40. The highest BCUT2D eigenvalue weighted by Gasteiger charge is 2.08. The average Bonchev–Trinajstić information content (AvgIpc) is 2.63. The van der Waals surface area contributed by atoms with Gasteiger partial charge in [0.15, 0.2) is 0 Å². The van der Waals surface area contributed by atoms with Crippen LogP contribution in [0.5, 0.6) is 0 Å². The zero-order valence-corrected chi connectivity index (χ0v) is 14.6. The van der Waals surface area contributed by atoms with Gasteiger partial charge < -0.3 is 5.32 Å². The summed E-state index contributed by atoms with van der Waals surface area (Å²) < 4.78 is 1.54. The number of nitrogens with one attached hydrogen (secondary N) is 1. The third-order valence-corrected chi connectivity index (χ3v) is 4.15. The third kappa shape index (κ3) is 4.43. The molecular formula is C21H23N3O. The molecule has 1 heterocycles. The summed E-state index contributed by atoms with van der Waals surface area (Å²) in [5, 5.41) is 9.34. The monoisotopic (exact) mass is 333 g/mol. The SMILES string of the molecule is C/C(=C\c1ccccc1)CN[C@@H](C)Cn1ncc2ccccc2c1=O. The van der Waals surface area contributed by atoms with Gasteiger partial charge in [-0.1, -0.05) is 60.2 Å². The Balaban J connectivity index is 1.63. The van der Waals surface area contributed by atoms with E-state index in [1.807, 2.05) is 42.5 Å². The molecule has 3 aromatic rings. The zero-order valence-electron chi connectivity index (χ0n) is 14.6. The molecule has 0 aliphatic rings. The second kappa shape index (κ2) is 7.90. The summed E-state index contributed by atoms with van der Waals surface area (Å²) in [5.74, 6) is 0. The first kappa shape index (κ1) is 17.1. The van der Waals surface area contributed by atoms with Crippen LogP contribution in [0.15, 0.2) is 71.2 Å².